The Morgan fingerprint density at radius 3 is 2.66 bits per heavy atom. The number of halogens is 1. The van der Waals surface area contributed by atoms with E-state index in [0.29, 0.717) is 6.54 Å². The van der Waals surface area contributed by atoms with Crippen LogP contribution < -0.4 is 10.6 Å². The molecule has 2 aromatic heterocycles. The summed E-state index contributed by atoms with van der Waals surface area (Å²) in [5, 5.41) is 14.3. The molecule has 0 saturated heterocycles. The highest BCUT2D eigenvalue weighted by Crippen LogP contribution is 2.23. The Bertz CT molecular complexity index is 903. The standard InChI is InChI=1S/C21H28N6S.HI/c1-4-22-21(23-11-8-12-27-17(3)13-16(2)26-27)24-14-19-15-28-20(25-19)18-9-6-5-7-10-18;/h5-7,9-10,13,15H,4,8,11-12,14H2,1-3H3,(H2,22,23,24);1H. The maximum Gasteiger partial charge on any atom is 0.191 e. The van der Waals surface area contributed by atoms with Gasteiger partial charge in [-0.2, -0.15) is 5.10 Å². The topological polar surface area (TPSA) is 67.1 Å². The largest absolute Gasteiger partial charge is 0.357 e. The van der Waals surface area contributed by atoms with Gasteiger partial charge in [-0.1, -0.05) is 30.3 Å². The average Bonchev–Trinajstić information content (AvgIpc) is 3.30. The van der Waals surface area contributed by atoms with Gasteiger partial charge in [-0.15, -0.1) is 35.3 Å². The van der Waals surface area contributed by atoms with Crippen LogP contribution in [0.2, 0.25) is 0 Å². The number of nitrogens with one attached hydrogen (secondary N) is 2. The zero-order chi connectivity index (χ0) is 19.8. The van der Waals surface area contributed by atoms with Crippen molar-refractivity contribution in [3.63, 3.8) is 0 Å². The van der Waals surface area contributed by atoms with Crippen molar-refractivity contribution < 1.29 is 0 Å². The number of aromatic nitrogens is 3. The Morgan fingerprint density at radius 1 is 1.17 bits per heavy atom. The second-order valence-electron chi connectivity index (χ2n) is 6.64. The number of hydrogen-bond acceptors (Lipinski definition) is 4. The van der Waals surface area contributed by atoms with E-state index in [9.17, 15) is 0 Å². The van der Waals surface area contributed by atoms with Gasteiger partial charge in [-0.25, -0.2) is 9.98 Å². The second kappa shape index (κ2) is 11.9. The molecule has 156 valence electrons. The molecule has 0 spiro atoms. The van der Waals surface area contributed by atoms with Crippen molar-refractivity contribution in [3.8, 4) is 10.6 Å². The van der Waals surface area contributed by atoms with Crippen LogP contribution in [0.25, 0.3) is 10.6 Å². The molecule has 29 heavy (non-hydrogen) atoms. The van der Waals surface area contributed by atoms with Crippen molar-refractivity contribution in [2.24, 2.45) is 4.99 Å². The Hall–Kier alpha value is -1.94. The van der Waals surface area contributed by atoms with E-state index in [1.165, 1.54) is 5.69 Å². The molecule has 0 atom stereocenters. The summed E-state index contributed by atoms with van der Waals surface area (Å²) in [6.07, 6.45) is 0.987. The van der Waals surface area contributed by atoms with Crippen LogP contribution in [0.3, 0.4) is 0 Å². The minimum atomic E-state index is 0. The summed E-state index contributed by atoms with van der Waals surface area (Å²) in [6.45, 7) is 9.33. The Labute approximate surface area is 193 Å². The summed E-state index contributed by atoms with van der Waals surface area (Å²) in [5.74, 6) is 0.824. The Kier molecular flexibility index (Phi) is 9.59. The lowest BCUT2D eigenvalue weighted by molar-refractivity contribution is 0.555. The van der Waals surface area contributed by atoms with Gasteiger partial charge in [-0.3, -0.25) is 4.68 Å². The number of hydrogen-bond donors (Lipinski definition) is 2. The lowest BCUT2D eigenvalue weighted by Crippen LogP contribution is -2.38. The van der Waals surface area contributed by atoms with Crippen molar-refractivity contribution >= 4 is 41.3 Å². The number of thiazole rings is 1. The molecule has 0 saturated carbocycles. The molecule has 0 bridgehead atoms. The van der Waals surface area contributed by atoms with Crippen LogP contribution in [0.4, 0.5) is 0 Å². The van der Waals surface area contributed by atoms with Gasteiger partial charge >= 0.3 is 0 Å². The van der Waals surface area contributed by atoms with Crippen molar-refractivity contribution in [1.29, 1.82) is 0 Å². The molecule has 0 fully saturated rings. The highest BCUT2D eigenvalue weighted by molar-refractivity contribution is 14.0. The molecule has 0 amide bonds. The van der Waals surface area contributed by atoms with E-state index in [2.05, 4.69) is 62.8 Å². The molecule has 0 unspecified atom stereocenters. The minimum Gasteiger partial charge on any atom is -0.357 e. The molecule has 0 aliphatic heterocycles. The van der Waals surface area contributed by atoms with Crippen LogP contribution in [0.1, 0.15) is 30.4 Å². The number of aryl methyl sites for hydroxylation is 3. The minimum absolute atomic E-state index is 0. The summed E-state index contributed by atoms with van der Waals surface area (Å²) >= 11 is 1.66. The maximum atomic E-state index is 4.71. The fourth-order valence-electron chi connectivity index (χ4n) is 2.93. The molecule has 2 N–H and O–H groups in total. The molecule has 0 aliphatic carbocycles. The quantitative estimate of drug-likeness (QED) is 0.199. The van der Waals surface area contributed by atoms with Crippen LogP contribution in [0.15, 0.2) is 46.8 Å². The molecule has 3 rings (SSSR count). The first-order chi connectivity index (χ1) is 13.7. The van der Waals surface area contributed by atoms with Crippen molar-refractivity contribution in [3.05, 3.63) is 58.9 Å². The molecular formula is C21H29IN6S. The molecule has 0 aliphatic rings. The number of guanidine groups is 1. The highest BCUT2D eigenvalue weighted by atomic mass is 127. The molecule has 3 aromatic rings. The first-order valence-electron chi connectivity index (χ1n) is 9.68. The fourth-order valence-corrected chi connectivity index (χ4v) is 3.75. The second-order valence-corrected chi connectivity index (χ2v) is 7.49. The SMILES string of the molecule is CCNC(=NCc1csc(-c2ccccc2)n1)NCCCn1nc(C)cc1C.I. The van der Waals surface area contributed by atoms with Crippen LogP contribution in [0.5, 0.6) is 0 Å². The van der Waals surface area contributed by atoms with Gasteiger partial charge in [0.15, 0.2) is 5.96 Å². The summed E-state index contributed by atoms with van der Waals surface area (Å²) in [7, 11) is 0. The first-order valence-corrected chi connectivity index (χ1v) is 10.6. The Morgan fingerprint density at radius 2 is 1.97 bits per heavy atom. The predicted octanol–water partition coefficient (Wildman–Crippen LogP) is 4.39. The van der Waals surface area contributed by atoms with Crippen LogP contribution >= 0.6 is 35.3 Å². The van der Waals surface area contributed by atoms with Crippen LogP contribution in [-0.2, 0) is 13.1 Å². The average molecular weight is 524 g/mol. The predicted molar refractivity (Wildman–Crippen MR) is 132 cm³/mol. The molecule has 6 nitrogen and oxygen atoms in total. The fraction of sp³-hybridized carbons (Fsp3) is 0.381. The molecular weight excluding hydrogens is 495 g/mol. The smallest absolute Gasteiger partial charge is 0.191 e. The highest BCUT2D eigenvalue weighted by Gasteiger charge is 2.05. The van der Waals surface area contributed by atoms with Gasteiger partial charge in [0, 0.05) is 36.3 Å². The van der Waals surface area contributed by atoms with E-state index in [1.54, 1.807) is 11.3 Å². The van der Waals surface area contributed by atoms with Crippen LogP contribution in [0, 0.1) is 13.8 Å². The number of aliphatic imine (C=N–C) groups is 1. The monoisotopic (exact) mass is 524 g/mol. The van der Waals surface area contributed by atoms with Gasteiger partial charge < -0.3 is 10.6 Å². The maximum absolute atomic E-state index is 4.71. The van der Waals surface area contributed by atoms with E-state index in [0.717, 1.165) is 54.0 Å². The first kappa shape index (κ1) is 23.3. The summed E-state index contributed by atoms with van der Waals surface area (Å²) in [5.41, 5.74) is 4.41. The van der Waals surface area contributed by atoms with Crippen molar-refractivity contribution in [2.75, 3.05) is 13.1 Å². The normalized spacial score (nSPS) is 11.2. The molecule has 0 radical (unpaired) electrons. The van der Waals surface area contributed by atoms with Crippen LogP contribution in [-0.4, -0.2) is 33.8 Å². The summed E-state index contributed by atoms with van der Waals surface area (Å²) < 4.78 is 2.06. The Balaban J connectivity index is 0.00000300. The molecule has 2 heterocycles. The summed E-state index contributed by atoms with van der Waals surface area (Å²) in [4.78, 5) is 9.38. The van der Waals surface area contributed by atoms with Gasteiger partial charge in [0.25, 0.3) is 0 Å². The lowest BCUT2D eigenvalue weighted by Gasteiger charge is -2.11. The van der Waals surface area contributed by atoms with Crippen molar-refractivity contribution in [2.45, 2.75) is 40.3 Å². The van der Waals surface area contributed by atoms with E-state index >= 15 is 0 Å². The van der Waals surface area contributed by atoms with Gasteiger partial charge in [0.2, 0.25) is 0 Å². The van der Waals surface area contributed by atoms with E-state index < -0.39 is 0 Å². The molecule has 1 aromatic carbocycles. The van der Waals surface area contributed by atoms with E-state index in [-0.39, 0.29) is 24.0 Å². The van der Waals surface area contributed by atoms with Crippen molar-refractivity contribution in [1.82, 2.24) is 25.4 Å². The number of rotatable bonds is 8. The van der Waals surface area contributed by atoms with Gasteiger partial charge in [-0.05, 0) is 33.3 Å². The zero-order valence-corrected chi connectivity index (χ0v) is 20.3. The third kappa shape index (κ3) is 7.11. The van der Waals surface area contributed by atoms with Gasteiger partial charge in [0.1, 0.15) is 5.01 Å². The third-order valence-corrected chi connectivity index (χ3v) is 5.20. The number of benzene rings is 1. The zero-order valence-electron chi connectivity index (χ0n) is 17.2. The summed E-state index contributed by atoms with van der Waals surface area (Å²) in [6, 6.07) is 12.4. The lowest BCUT2D eigenvalue weighted by atomic mass is 10.2. The third-order valence-electron chi connectivity index (χ3n) is 4.26. The molecule has 8 heteroatoms. The van der Waals surface area contributed by atoms with E-state index in [4.69, 9.17) is 4.98 Å². The van der Waals surface area contributed by atoms with E-state index in [1.807, 2.05) is 25.1 Å². The van der Waals surface area contributed by atoms with Gasteiger partial charge in [0.05, 0.1) is 17.9 Å². The number of nitrogens with zero attached hydrogens (tertiary/aromatic N) is 4.